The topological polar surface area (TPSA) is 75.5 Å². The molecule has 114 valence electrons. The van der Waals surface area contributed by atoms with Crippen LogP contribution in [-0.2, 0) is 11.3 Å². The molecule has 0 heterocycles. The van der Waals surface area contributed by atoms with Crippen molar-refractivity contribution in [3.63, 3.8) is 0 Å². The minimum atomic E-state index is -0.473. The lowest BCUT2D eigenvalue weighted by Crippen LogP contribution is -2.35. The number of nitro groups is 1. The lowest BCUT2D eigenvalue weighted by Gasteiger charge is -2.18. The van der Waals surface area contributed by atoms with E-state index in [1.54, 1.807) is 7.05 Å². The molecule has 1 aliphatic rings. The number of benzene rings is 1. The Balaban J connectivity index is 1.90. The number of hydrogen-bond donors (Lipinski definition) is 1. The van der Waals surface area contributed by atoms with Crippen molar-refractivity contribution >= 4 is 23.2 Å². The van der Waals surface area contributed by atoms with E-state index in [4.69, 9.17) is 11.6 Å². The molecule has 1 fully saturated rings. The largest absolute Gasteiger partial charge is 0.340 e. The smallest absolute Gasteiger partial charge is 0.269 e. The Labute approximate surface area is 128 Å². The molecule has 0 aliphatic heterocycles. The van der Waals surface area contributed by atoms with Crippen LogP contribution < -0.4 is 5.32 Å². The standard InChI is InChI=1S/C14H18ClN3O3/c1-17(14(19)8-16-7-10-2-3-10)9-11-6-12(18(20)21)4-5-13(11)15/h4-6,10,16H,2-3,7-9H2,1H3. The van der Waals surface area contributed by atoms with Crippen LogP contribution in [0.1, 0.15) is 18.4 Å². The summed E-state index contributed by atoms with van der Waals surface area (Å²) in [7, 11) is 1.66. The van der Waals surface area contributed by atoms with E-state index in [-0.39, 0.29) is 24.7 Å². The maximum absolute atomic E-state index is 12.0. The molecule has 1 amide bonds. The number of rotatable bonds is 7. The van der Waals surface area contributed by atoms with E-state index in [0.717, 1.165) is 6.54 Å². The molecule has 0 radical (unpaired) electrons. The van der Waals surface area contributed by atoms with E-state index in [9.17, 15) is 14.9 Å². The Morgan fingerprint density at radius 2 is 2.24 bits per heavy atom. The van der Waals surface area contributed by atoms with Crippen LogP contribution in [0.2, 0.25) is 5.02 Å². The van der Waals surface area contributed by atoms with E-state index in [1.165, 1.54) is 35.9 Å². The monoisotopic (exact) mass is 311 g/mol. The fraction of sp³-hybridized carbons (Fsp3) is 0.500. The normalized spacial score (nSPS) is 14.0. The lowest BCUT2D eigenvalue weighted by molar-refractivity contribution is -0.384. The number of hydrogen-bond acceptors (Lipinski definition) is 4. The van der Waals surface area contributed by atoms with Gasteiger partial charge in [-0.15, -0.1) is 0 Å². The van der Waals surface area contributed by atoms with Gasteiger partial charge in [0.05, 0.1) is 11.5 Å². The summed E-state index contributed by atoms with van der Waals surface area (Å²) >= 11 is 6.03. The summed E-state index contributed by atoms with van der Waals surface area (Å²) in [6.45, 7) is 1.40. The van der Waals surface area contributed by atoms with E-state index in [2.05, 4.69) is 5.32 Å². The molecule has 0 bridgehead atoms. The summed E-state index contributed by atoms with van der Waals surface area (Å²) in [4.78, 5) is 23.8. The number of nitrogens with zero attached hydrogens (tertiary/aromatic N) is 2. The van der Waals surface area contributed by atoms with Gasteiger partial charge < -0.3 is 10.2 Å². The highest BCUT2D eigenvalue weighted by Gasteiger charge is 2.21. The number of halogens is 1. The maximum Gasteiger partial charge on any atom is 0.269 e. The lowest BCUT2D eigenvalue weighted by atomic mass is 10.2. The molecule has 0 spiro atoms. The van der Waals surface area contributed by atoms with Gasteiger partial charge >= 0.3 is 0 Å². The molecule has 6 nitrogen and oxygen atoms in total. The number of likely N-dealkylation sites (N-methyl/N-ethyl adjacent to an activating group) is 1. The summed E-state index contributed by atoms with van der Waals surface area (Å²) in [6, 6.07) is 4.24. The molecule has 1 saturated carbocycles. The van der Waals surface area contributed by atoms with Crippen molar-refractivity contribution in [2.24, 2.45) is 5.92 Å². The summed E-state index contributed by atoms with van der Waals surface area (Å²) < 4.78 is 0. The molecular formula is C14H18ClN3O3. The minimum absolute atomic E-state index is 0.0258. The summed E-state index contributed by atoms with van der Waals surface area (Å²) in [5, 5.41) is 14.3. The first kappa shape index (κ1) is 15.7. The number of non-ortho nitro benzene ring substituents is 1. The Kier molecular flexibility index (Phi) is 5.14. The zero-order chi connectivity index (χ0) is 15.4. The van der Waals surface area contributed by atoms with Crippen molar-refractivity contribution in [1.82, 2.24) is 10.2 Å². The number of nitro benzene ring substituents is 1. The third kappa shape index (κ3) is 4.68. The zero-order valence-electron chi connectivity index (χ0n) is 11.8. The van der Waals surface area contributed by atoms with Crippen LogP contribution >= 0.6 is 11.6 Å². The van der Waals surface area contributed by atoms with E-state index in [1.807, 2.05) is 0 Å². The molecule has 1 N–H and O–H groups in total. The third-order valence-corrected chi connectivity index (χ3v) is 3.85. The first-order valence-electron chi connectivity index (χ1n) is 6.85. The maximum atomic E-state index is 12.0. The predicted octanol–water partition coefficient (Wildman–Crippen LogP) is 2.21. The van der Waals surface area contributed by atoms with Crippen LogP contribution in [0.5, 0.6) is 0 Å². The molecule has 2 rings (SSSR count). The van der Waals surface area contributed by atoms with Gasteiger partial charge in [-0.05, 0) is 36.9 Å². The molecule has 0 aromatic heterocycles. The Hall–Kier alpha value is -1.66. The van der Waals surface area contributed by atoms with Crippen molar-refractivity contribution in [3.05, 3.63) is 38.9 Å². The van der Waals surface area contributed by atoms with Gasteiger partial charge in [0.1, 0.15) is 0 Å². The van der Waals surface area contributed by atoms with Crippen LogP contribution in [0, 0.1) is 16.0 Å². The summed E-state index contributed by atoms with van der Waals surface area (Å²) in [6.07, 6.45) is 2.47. The average Bonchev–Trinajstić information content (AvgIpc) is 3.24. The first-order chi connectivity index (χ1) is 9.97. The van der Waals surface area contributed by atoms with E-state index < -0.39 is 4.92 Å². The molecular weight excluding hydrogens is 294 g/mol. The highest BCUT2D eigenvalue weighted by Crippen LogP contribution is 2.27. The second-order valence-corrected chi connectivity index (χ2v) is 5.76. The van der Waals surface area contributed by atoms with Gasteiger partial charge in [-0.2, -0.15) is 0 Å². The first-order valence-corrected chi connectivity index (χ1v) is 7.22. The molecule has 1 aliphatic carbocycles. The van der Waals surface area contributed by atoms with Crippen molar-refractivity contribution in [3.8, 4) is 0 Å². The van der Waals surface area contributed by atoms with Crippen molar-refractivity contribution < 1.29 is 9.72 Å². The highest BCUT2D eigenvalue weighted by atomic mass is 35.5. The molecule has 0 unspecified atom stereocenters. The van der Waals surface area contributed by atoms with Crippen LogP contribution in [0.4, 0.5) is 5.69 Å². The van der Waals surface area contributed by atoms with Crippen LogP contribution in [-0.4, -0.2) is 35.9 Å². The summed E-state index contributed by atoms with van der Waals surface area (Å²) in [5.74, 6) is 0.660. The number of amides is 1. The van der Waals surface area contributed by atoms with E-state index in [0.29, 0.717) is 16.5 Å². The second-order valence-electron chi connectivity index (χ2n) is 5.36. The van der Waals surface area contributed by atoms with Crippen LogP contribution in [0.15, 0.2) is 18.2 Å². The molecule has 21 heavy (non-hydrogen) atoms. The van der Waals surface area contributed by atoms with Gasteiger partial charge in [-0.3, -0.25) is 14.9 Å². The molecule has 1 aromatic rings. The van der Waals surface area contributed by atoms with Gasteiger partial charge in [0.25, 0.3) is 5.69 Å². The fourth-order valence-corrected chi connectivity index (χ4v) is 2.16. The highest BCUT2D eigenvalue weighted by molar-refractivity contribution is 6.31. The Bertz CT molecular complexity index is 546. The van der Waals surface area contributed by atoms with Crippen LogP contribution in [0.3, 0.4) is 0 Å². The van der Waals surface area contributed by atoms with Crippen molar-refractivity contribution in [2.75, 3.05) is 20.1 Å². The zero-order valence-corrected chi connectivity index (χ0v) is 12.6. The molecule has 0 atom stereocenters. The van der Waals surface area contributed by atoms with Gasteiger partial charge in [0, 0.05) is 30.7 Å². The molecule has 0 saturated heterocycles. The van der Waals surface area contributed by atoms with Gasteiger partial charge in [0.15, 0.2) is 0 Å². The SMILES string of the molecule is CN(Cc1cc([N+](=O)[O-])ccc1Cl)C(=O)CNCC1CC1. The average molecular weight is 312 g/mol. The second kappa shape index (κ2) is 6.87. The van der Waals surface area contributed by atoms with Gasteiger partial charge in [-0.1, -0.05) is 11.6 Å². The van der Waals surface area contributed by atoms with E-state index >= 15 is 0 Å². The Morgan fingerprint density at radius 1 is 1.52 bits per heavy atom. The third-order valence-electron chi connectivity index (χ3n) is 3.48. The molecule has 7 heteroatoms. The number of nitrogens with one attached hydrogen (secondary N) is 1. The Morgan fingerprint density at radius 3 is 2.86 bits per heavy atom. The fourth-order valence-electron chi connectivity index (χ4n) is 1.98. The minimum Gasteiger partial charge on any atom is -0.340 e. The summed E-state index contributed by atoms with van der Waals surface area (Å²) in [5.41, 5.74) is 0.547. The molecule has 1 aromatic carbocycles. The van der Waals surface area contributed by atoms with Crippen molar-refractivity contribution in [2.45, 2.75) is 19.4 Å². The predicted molar refractivity (Wildman–Crippen MR) is 80.2 cm³/mol. The van der Waals surface area contributed by atoms with Gasteiger partial charge in [0.2, 0.25) is 5.91 Å². The van der Waals surface area contributed by atoms with Crippen LogP contribution in [0.25, 0.3) is 0 Å². The quantitative estimate of drug-likeness (QED) is 0.619. The van der Waals surface area contributed by atoms with Gasteiger partial charge in [-0.25, -0.2) is 0 Å². The van der Waals surface area contributed by atoms with Crippen molar-refractivity contribution in [1.29, 1.82) is 0 Å². The number of carbonyl (C=O) groups is 1. The number of carbonyl (C=O) groups excluding carboxylic acids is 1.